The number of hydrogen-bond donors (Lipinski definition) is 5. The summed E-state index contributed by atoms with van der Waals surface area (Å²) in [6, 6.07) is 12.4. The maximum Gasteiger partial charge on any atom is 0.247 e. The van der Waals surface area contributed by atoms with Crippen molar-refractivity contribution in [1.29, 1.82) is 0 Å². The van der Waals surface area contributed by atoms with Crippen LogP contribution in [0.1, 0.15) is 48.6 Å². The van der Waals surface area contributed by atoms with Crippen LogP contribution >= 0.6 is 0 Å². The van der Waals surface area contributed by atoms with E-state index in [0.29, 0.717) is 30.6 Å². The molecule has 3 aliphatic rings. The predicted molar refractivity (Wildman–Crippen MR) is 196 cm³/mol. The van der Waals surface area contributed by atoms with Crippen LogP contribution in [-0.4, -0.2) is 90.3 Å². The number of nitrogen functional groups attached to an aromatic ring is 1. The number of anilines is 4. The topological polar surface area (TPSA) is 167 Å². The van der Waals surface area contributed by atoms with Crippen LogP contribution in [0.15, 0.2) is 45.4 Å². The smallest absolute Gasteiger partial charge is 0.247 e. The molecule has 2 unspecified atom stereocenters. The molecule has 7 rings (SSSR count). The minimum atomic E-state index is -0.490. The maximum absolute atomic E-state index is 12.7. The van der Waals surface area contributed by atoms with Gasteiger partial charge in [-0.15, -0.1) is 0 Å². The highest BCUT2D eigenvalue weighted by atomic mass is 16.5. The fourth-order valence-corrected chi connectivity index (χ4v) is 7.15. The fourth-order valence-electron chi connectivity index (χ4n) is 7.15. The minimum Gasteiger partial charge on any atom is -0.397 e. The van der Waals surface area contributed by atoms with Crippen LogP contribution in [0.2, 0.25) is 0 Å². The van der Waals surface area contributed by atoms with E-state index in [1.807, 2.05) is 52.0 Å². The SMILES string of the molecule is Cc1noc(C)c1-c1ccc(NC2CCN(C)C2)c(N)c1.Cc1noc(C)c1-c1ccc(NC2CCN(C)C2)c(NC(=O)[C@@H]2CCC(=O)N2)c1. The van der Waals surface area contributed by atoms with Gasteiger partial charge in [0.2, 0.25) is 11.8 Å². The Hall–Kier alpha value is -4.88. The lowest BCUT2D eigenvalue weighted by Crippen LogP contribution is -2.37. The lowest BCUT2D eigenvalue weighted by atomic mass is 10.0. The van der Waals surface area contributed by atoms with Crippen LogP contribution in [0, 0.1) is 27.7 Å². The summed E-state index contributed by atoms with van der Waals surface area (Å²) in [6.45, 7) is 11.8. The molecule has 50 heavy (non-hydrogen) atoms. The van der Waals surface area contributed by atoms with Gasteiger partial charge in [0, 0.05) is 42.7 Å². The standard InChI is InChI=1S/C21H27N5O3.C16H22N4O/c1-12-20(13(2)29-25-12)14-4-5-16(22-15-8-9-26(3)11-15)18(10-14)24-21(28)17-6-7-19(27)23-17;1-10-16(11(2)21-19-10)12-4-5-15(14(17)8-12)18-13-6-7-20(3)9-13/h4-5,10,15,17,22H,6-9,11H2,1-3H3,(H,23,27)(H,24,28);4-5,8,13,18H,6-7,9,17H2,1-3H3/t15?,17-;/m0./s1. The molecule has 3 atom stereocenters. The van der Waals surface area contributed by atoms with Crippen LogP contribution in [-0.2, 0) is 9.59 Å². The highest BCUT2D eigenvalue weighted by molar-refractivity contribution is 6.01. The van der Waals surface area contributed by atoms with Crippen LogP contribution in [0.5, 0.6) is 0 Å². The number of nitrogens with zero attached hydrogens (tertiary/aromatic N) is 4. The summed E-state index contributed by atoms with van der Waals surface area (Å²) in [6.07, 6.45) is 3.11. The molecule has 0 aliphatic carbocycles. The molecule has 0 spiro atoms. The molecule has 0 bridgehead atoms. The second kappa shape index (κ2) is 14.9. The molecule has 2 aromatic carbocycles. The Labute approximate surface area is 293 Å². The zero-order valence-corrected chi connectivity index (χ0v) is 29.9. The molecular formula is C37H49N9O4. The van der Waals surface area contributed by atoms with Crippen LogP contribution in [0.4, 0.5) is 22.7 Å². The van der Waals surface area contributed by atoms with Crippen LogP contribution < -0.4 is 27.0 Å². The third-order valence-electron chi connectivity index (χ3n) is 9.79. The first kappa shape index (κ1) is 35.0. The number of carbonyl (C=O) groups excluding carboxylic acids is 2. The van der Waals surface area contributed by atoms with E-state index in [2.05, 4.69) is 67.6 Å². The quantitative estimate of drug-likeness (QED) is 0.160. The highest BCUT2D eigenvalue weighted by Crippen LogP contribution is 2.34. The van der Waals surface area contributed by atoms with Gasteiger partial charge in [0.15, 0.2) is 0 Å². The molecule has 0 radical (unpaired) electrons. The van der Waals surface area contributed by atoms with Crippen LogP contribution in [0.25, 0.3) is 22.3 Å². The number of nitrogens with one attached hydrogen (secondary N) is 4. The molecule has 0 saturated carbocycles. The molecule has 2 amide bonds. The van der Waals surface area contributed by atoms with Gasteiger partial charge in [-0.1, -0.05) is 22.4 Å². The Morgan fingerprint density at radius 2 is 1.34 bits per heavy atom. The molecular weight excluding hydrogens is 634 g/mol. The van der Waals surface area contributed by atoms with Gasteiger partial charge in [0.05, 0.1) is 34.1 Å². The van der Waals surface area contributed by atoms with E-state index in [1.165, 1.54) is 0 Å². The summed E-state index contributed by atoms with van der Waals surface area (Å²) < 4.78 is 10.5. The lowest BCUT2D eigenvalue weighted by Gasteiger charge is -2.20. The van der Waals surface area contributed by atoms with E-state index in [4.69, 9.17) is 14.8 Å². The number of rotatable bonds is 8. The number of likely N-dealkylation sites (N-methyl/N-ethyl adjacent to an activating group) is 2. The predicted octanol–water partition coefficient (Wildman–Crippen LogP) is 4.95. The number of amides is 2. The largest absolute Gasteiger partial charge is 0.397 e. The number of hydrogen-bond acceptors (Lipinski definition) is 11. The number of aryl methyl sites for hydroxylation is 4. The third kappa shape index (κ3) is 7.95. The fraction of sp³-hybridized carbons (Fsp3) is 0.459. The molecule has 3 saturated heterocycles. The zero-order chi connectivity index (χ0) is 35.5. The molecule has 266 valence electrons. The Bertz CT molecular complexity index is 1810. The summed E-state index contributed by atoms with van der Waals surface area (Å²) in [5, 5.41) is 20.9. The van der Waals surface area contributed by atoms with E-state index in [9.17, 15) is 9.59 Å². The van der Waals surface area contributed by atoms with Crippen molar-refractivity contribution in [3.8, 4) is 22.3 Å². The summed E-state index contributed by atoms with van der Waals surface area (Å²) >= 11 is 0. The first-order valence-electron chi connectivity index (χ1n) is 17.4. The molecule has 3 fully saturated rings. The first-order valence-corrected chi connectivity index (χ1v) is 17.4. The van der Waals surface area contributed by atoms with Gasteiger partial charge in [0.1, 0.15) is 17.6 Å². The zero-order valence-electron chi connectivity index (χ0n) is 29.9. The van der Waals surface area contributed by atoms with Crippen molar-refractivity contribution < 1.29 is 18.6 Å². The average Bonchev–Trinajstić information content (AvgIpc) is 3.91. The molecule has 3 aliphatic heterocycles. The van der Waals surface area contributed by atoms with Gasteiger partial charge in [-0.2, -0.15) is 0 Å². The number of likely N-dealkylation sites (tertiary alicyclic amines) is 2. The summed E-state index contributed by atoms with van der Waals surface area (Å²) in [5.74, 6) is 1.28. The van der Waals surface area contributed by atoms with Crippen molar-refractivity contribution in [2.45, 2.75) is 71.5 Å². The molecule has 4 aromatic rings. The Morgan fingerprint density at radius 1 is 0.800 bits per heavy atom. The molecule has 13 heteroatoms. The number of nitrogens with two attached hydrogens (primary N) is 1. The van der Waals surface area contributed by atoms with Crippen molar-refractivity contribution in [3.05, 3.63) is 59.3 Å². The van der Waals surface area contributed by atoms with Crippen molar-refractivity contribution >= 4 is 34.6 Å². The first-order chi connectivity index (χ1) is 23.9. The number of benzene rings is 2. The molecule has 6 N–H and O–H groups in total. The number of carbonyl (C=O) groups is 2. The third-order valence-corrected chi connectivity index (χ3v) is 9.79. The Morgan fingerprint density at radius 3 is 1.80 bits per heavy atom. The van der Waals surface area contributed by atoms with Gasteiger partial charge in [-0.3, -0.25) is 9.59 Å². The maximum atomic E-state index is 12.7. The van der Waals surface area contributed by atoms with Crippen molar-refractivity contribution in [2.75, 3.05) is 62.0 Å². The van der Waals surface area contributed by atoms with E-state index in [-0.39, 0.29) is 11.8 Å². The summed E-state index contributed by atoms with van der Waals surface area (Å²) in [5.41, 5.74) is 15.2. The van der Waals surface area contributed by atoms with E-state index >= 15 is 0 Å². The van der Waals surface area contributed by atoms with E-state index in [1.54, 1.807) is 0 Å². The van der Waals surface area contributed by atoms with Gasteiger partial charge in [-0.25, -0.2) is 0 Å². The molecule has 13 nitrogen and oxygen atoms in total. The van der Waals surface area contributed by atoms with Gasteiger partial charge in [0.25, 0.3) is 0 Å². The molecule has 5 heterocycles. The second-order valence-electron chi connectivity index (χ2n) is 13.9. The average molecular weight is 684 g/mol. The van der Waals surface area contributed by atoms with Crippen molar-refractivity contribution in [1.82, 2.24) is 25.4 Å². The van der Waals surface area contributed by atoms with Crippen molar-refractivity contribution in [3.63, 3.8) is 0 Å². The second-order valence-corrected chi connectivity index (χ2v) is 13.9. The minimum absolute atomic E-state index is 0.0815. The number of aromatic nitrogens is 2. The van der Waals surface area contributed by atoms with Gasteiger partial charge in [-0.05, 0) is 110 Å². The monoisotopic (exact) mass is 683 g/mol. The summed E-state index contributed by atoms with van der Waals surface area (Å²) in [4.78, 5) is 28.8. The lowest BCUT2D eigenvalue weighted by molar-refractivity contribution is -0.122. The van der Waals surface area contributed by atoms with Gasteiger partial charge < -0.3 is 45.8 Å². The van der Waals surface area contributed by atoms with E-state index < -0.39 is 6.04 Å². The van der Waals surface area contributed by atoms with Gasteiger partial charge >= 0.3 is 0 Å². The Kier molecular flexibility index (Phi) is 10.4. The van der Waals surface area contributed by atoms with Crippen molar-refractivity contribution in [2.24, 2.45) is 0 Å². The highest BCUT2D eigenvalue weighted by Gasteiger charge is 2.28. The van der Waals surface area contributed by atoms with E-state index in [0.717, 1.165) is 101 Å². The molecule has 2 aromatic heterocycles. The Balaban J connectivity index is 0.000000182. The van der Waals surface area contributed by atoms with Crippen LogP contribution in [0.3, 0.4) is 0 Å². The summed E-state index contributed by atoms with van der Waals surface area (Å²) in [7, 11) is 4.25. The normalized spacial score (nSPS) is 20.8.